The Balaban J connectivity index is 1.34. The number of pyridine rings is 1. The third-order valence-electron chi connectivity index (χ3n) is 7.54. The van der Waals surface area contributed by atoms with Crippen LogP contribution in [0, 0.1) is 17.7 Å². The van der Waals surface area contributed by atoms with Crippen LogP contribution in [-0.2, 0) is 0 Å². The summed E-state index contributed by atoms with van der Waals surface area (Å²) in [5.41, 5.74) is 2.47. The minimum Gasteiger partial charge on any atom is -0.368 e. The van der Waals surface area contributed by atoms with Crippen molar-refractivity contribution in [3.8, 4) is 11.1 Å². The van der Waals surface area contributed by atoms with Gasteiger partial charge in [-0.2, -0.15) is 0 Å². The van der Waals surface area contributed by atoms with Crippen LogP contribution in [0.25, 0.3) is 11.1 Å². The van der Waals surface area contributed by atoms with E-state index in [2.05, 4.69) is 20.5 Å². The third kappa shape index (κ3) is 4.84. The van der Waals surface area contributed by atoms with Crippen LogP contribution in [0.5, 0.6) is 0 Å². The van der Waals surface area contributed by atoms with Crippen molar-refractivity contribution in [2.75, 3.05) is 49.5 Å². The van der Waals surface area contributed by atoms with Gasteiger partial charge >= 0.3 is 0 Å². The molecule has 6 rings (SSSR count). The summed E-state index contributed by atoms with van der Waals surface area (Å²) in [6.45, 7) is 4.55. The quantitative estimate of drug-likeness (QED) is 0.467. The molecule has 2 saturated heterocycles. The molecule has 7 nitrogen and oxygen atoms in total. The number of carbonyl (C=O) groups is 2. The van der Waals surface area contributed by atoms with Crippen molar-refractivity contribution in [1.29, 1.82) is 0 Å². The molecule has 2 aliphatic heterocycles. The highest BCUT2D eigenvalue weighted by atomic mass is 35.5. The normalized spacial score (nSPS) is 20.3. The largest absolute Gasteiger partial charge is 0.368 e. The van der Waals surface area contributed by atoms with Gasteiger partial charge in [0.05, 0.1) is 16.3 Å². The molecule has 0 spiro atoms. The lowest BCUT2D eigenvalue weighted by molar-refractivity contribution is 0.0735. The molecule has 1 saturated carbocycles. The third-order valence-corrected chi connectivity index (χ3v) is 8.18. The Kier molecular flexibility index (Phi) is 6.72. The van der Waals surface area contributed by atoms with Crippen molar-refractivity contribution in [3.63, 3.8) is 0 Å². The van der Waals surface area contributed by atoms with Crippen molar-refractivity contribution < 1.29 is 14.0 Å². The number of halogens is 3. The van der Waals surface area contributed by atoms with Crippen LogP contribution in [0.3, 0.4) is 0 Å². The number of aromatic nitrogens is 1. The molecule has 3 heterocycles. The molecule has 2 aromatic carbocycles. The number of nitrogens with one attached hydrogen (secondary N) is 2. The Hall–Kier alpha value is -3.20. The molecule has 2 amide bonds. The van der Waals surface area contributed by atoms with Gasteiger partial charge in [0.25, 0.3) is 11.8 Å². The Morgan fingerprint density at radius 3 is 2.53 bits per heavy atom. The van der Waals surface area contributed by atoms with Crippen LogP contribution in [0.15, 0.2) is 48.7 Å². The lowest BCUT2D eigenvalue weighted by Gasteiger charge is -2.27. The number of benzene rings is 2. The van der Waals surface area contributed by atoms with E-state index in [1.807, 2.05) is 11.0 Å². The van der Waals surface area contributed by atoms with Crippen molar-refractivity contribution in [2.24, 2.45) is 11.8 Å². The molecule has 3 aliphatic rings. The molecule has 3 fully saturated rings. The lowest BCUT2D eigenvalue weighted by atomic mass is 10.0. The smallest absolute Gasteiger partial charge is 0.261 e. The van der Waals surface area contributed by atoms with Gasteiger partial charge in [-0.05, 0) is 54.7 Å². The van der Waals surface area contributed by atoms with E-state index in [1.54, 1.807) is 24.4 Å². The first-order chi connectivity index (χ1) is 18.4. The van der Waals surface area contributed by atoms with Gasteiger partial charge < -0.3 is 20.4 Å². The Labute approximate surface area is 229 Å². The summed E-state index contributed by atoms with van der Waals surface area (Å²) in [7, 11) is 0. The van der Waals surface area contributed by atoms with Gasteiger partial charge in [0.15, 0.2) is 5.82 Å². The minimum absolute atomic E-state index is 0.0286. The number of piperidine rings is 1. The maximum Gasteiger partial charge on any atom is 0.261 e. The van der Waals surface area contributed by atoms with Crippen molar-refractivity contribution in [2.45, 2.75) is 6.42 Å². The number of anilines is 2. The SMILES string of the molecule is O=C(Nc1ncc(-c2cc(C(=O)N3CCNCC3)ccc2Cl)cc1N1CC2CC2C1)c1c(F)cccc1Cl. The van der Waals surface area contributed by atoms with E-state index >= 15 is 0 Å². The van der Waals surface area contributed by atoms with E-state index in [9.17, 15) is 14.0 Å². The second-order valence-electron chi connectivity index (χ2n) is 10.0. The molecule has 196 valence electrons. The molecule has 3 aromatic rings. The molecular weight excluding hydrogens is 528 g/mol. The summed E-state index contributed by atoms with van der Waals surface area (Å²) >= 11 is 12.7. The first kappa shape index (κ1) is 25.1. The van der Waals surface area contributed by atoms with E-state index in [1.165, 1.54) is 24.6 Å². The van der Waals surface area contributed by atoms with Gasteiger partial charge in [-0.25, -0.2) is 9.37 Å². The van der Waals surface area contributed by atoms with Crippen LogP contribution in [0.1, 0.15) is 27.1 Å². The molecule has 0 bridgehead atoms. The zero-order valence-corrected chi connectivity index (χ0v) is 22.0. The minimum atomic E-state index is -0.701. The molecule has 1 aliphatic carbocycles. The number of fused-ring (bicyclic) bond motifs is 1. The first-order valence-electron chi connectivity index (χ1n) is 12.7. The van der Waals surface area contributed by atoms with Crippen LogP contribution in [0.2, 0.25) is 10.0 Å². The van der Waals surface area contributed by atoms with Crippen LogP contribution < -0.4 is 15.5 Å². The molecule has 1 aromatic heterocycles. The predicted octanol–water partition coefficient (Wildman–Crippen LogP) is 4.95. The monoisotopic (exact) mass is 553 g/mol. The number of piperazine rings is 1. The summed E-state index contributed by atoms with van der Waals surface area (Å²) in [5.74, 6) is 0.180. The van der Waals surface area contributed by atoms with Gasteiger partial charge in [0.1, 0.15) is 5.82 Å². The van der Waals surface area contributed by atoms with Crippen LogP contribution in [-0.4, -0.2) is 61.0 Å². The summed E-state index contributed by atoms with van der Waals surface area (Å²) in [6.07, 6.45) is 2.82. The second kappa shape index (κ2) is 10.2. The molecule has 10 heteroatoms. The Bertz CT molecular complexity index is 1400. The summed E-state index contributed by atoms with van der Waals surface area (Å²) in [4.78, 5) is 34.7. The fraction of sp³-hybridized carbons (Fsp3) is 0.321. The van der Waals surface area contributed by atoms with Crippen molar-refractivity contribution >= 4 is 46.5 Å². The van der Waals surface area contributed by atoms with Crippen LogP contribution in [0.4, 0.5) is 15.9 Å². The Morgan fingerprint density at radius 1 is 1.03 bits per heavy atom. The predicted molar refractivity (Wildman–Crippen MR) is 147 cm³/mol. The number of rotatable bonds is 5. The lowest BCUT2D eigenvalue weighted by Crippen LogP contribution is -2.46. The Morgan fingerprint density at radius 2 is 1.79 bits per heavy atom. The van der Waals surface area contributed by atoms with Crippen molar-refractivity contribution in [1.82, 2.24) is 15.2 Å². The van der Waals surface area contributed by atoms with E-state index < -0.39 is 11.7 Å². The number of nitrogens with zero attached hydrogens (tertiary/aromatic N) is 3. The van der Waals surface area contributed by atoms with Gasteiger partial charge in [-0.3, -0.25) is 9.59 Å². The van der Waals surface area contributed by atoms with E-state index in [4.69, 9.17) is 23.2 Å². The zero-order chi connectivity index (χ0) is 26.4. The highest BCUT2D eigenvalue weighted by Gasteiger charge is 2.45. The summed E-state index contributed by atoms with van der Waals surface area (Å²) in [6, 6.07) is 11.3. The highest BCUT2D eigenvalue weighted by molar-refractivity contribution is 6.34. The van der Waals surface area contributed by atoms with Gasteiger partial charge in [-0.1, -0.05) is 29.3 Å². The average Bonchev–Trinajstić information content (AvgIpc) is 3.53. The molecule has 2 N–H and O–H groups in total. The van der Waals surface area contributed by atoms with Gasteiger partial charge in [-0.15, -0.1) is 0 Å². The standard InChI is InChI=1S/C28H26Cl2FN5O2/c29-21-5-4-16(28(38)35-8-6-32-7-9-35)11-20(21)17-12-24(36-14-18-10-19(18)15-36)26(33-13-17)34-27(37)25-22(30)2-1-3-23(25)31/h1-5,11-13,18-19,32H,6-10,14-15H2,(H,33,34,37). The number of carbonyl (C=O) groups excluding carboxylic acids is 2. The fourth-order valence-electron chi connectivity index (χ4n) is 5.35. The summed E-state index contributed by atoms with van der Waals surface area (Å²) in [5, 5.41) is 6.54. The first-order valence-corrected chi connectivity index (χ1v) is 13.4. The summed E-state index contributed by atoms with van der Waals surface area (Å²) < 4.78 is 14.4. The van der Waals surface area contributed by atoms with E-state index in [0.717, 1.165) is 37.4 Å². The zero-order valence-electron chi connectivity index (χ0n) is 20.5. The average molecular weight is 554 g/mol. The van der Waals surface area contributed by atoms with Crippen LogP contribution >= 0.6 is 23.2 Å². The molecule has 38 heavy (non-hydrogen) atoms. The second-order valence-corrected chi connectivity index (χ2v) is 10.9. The fourth-order valence-corrected chi connectivity index (χ4v) is 5.82. The molecule has 2 atom stereocenters. The highest BCUT2D eigenvalue weighted by Crippen LogP contribution is 2.48. The van der Waals surface area contributed by atoms with E-state index in [-0.39, 0.29) is 16.5 Å². The molecule has 0 radical (unpaired) electrons. The maximum atomic E-state index is 14.4. The molecular formula is C28H26Cl2FN5O2. The number of amides is 2. The topological polar surface area (TPSA) is 77.6 Å². The molecule has 2 unspecified atom stereocenters. The van der Waals surface area contributed by atoms with E-state index in [0.29, 0.717) is 46.9 Å². The maximum absolute atomic E-state index is 14.4. The number of hydrogen-bond donors (Lipinski definition) is 2. The van der Waals surface area contributed by atoms with Crippen molar-refractivity contribution in [3.05, 3.63) is 75.7 Å². The number of hydrogen-bond acceptors (Lipinski definition) is 5. The van der Waals surface area contributed by atoms with Gasteiger partial charge in [0.2, 0.25) is 0 Å². The van der Waals surface area contributed by atoms with Gasteiger partial charge in [0, 0.05) is 67.2 Å².